The second kappa shape index (κ2) is 11.3. The fourth-order valence-electron chi connectivity index (χ4n) is 4.67. The number of rotatable bonds is 8. The summed E-state index contributed by atoms with van der Waals surface area (Å²) in [6.07, 6.45) is 3.91. The Bertz CT molecular complexity index is 856. The van der Waals surface area contributed by atoms with E-state index in [9.17, 15) is 4.79 Å². The lowest BCUT2D eigenvalue weighted by molar-refractivity contribution is 0.0946. The van der Waals surface area contributed by atoms with Crippen LogP contribution in [-0.4, -0.2) is 75.2 Å². The molecule has 0 radical (unpaired) electrons. The number of carbonyl (C=O) groups excluding carboxylic acids is 1. The molecule has 172 valence electrons. The second-order valence-electron chi connectivity index (χ2n) is 8.79. The smallest absolute Gasteiger partial charge is 0.251 e. The SMILES string of the molecule is COc1ccccc1N1CCN(Cc2ccc(C(=O)NCCN3CCCCC3)cc2)CC1. The number of piperazine rings is 1. The summed E-state index contributed by atoms with van der Waals surface area (Å²) in [5, 5.41) is 3.07. The first-order chi connectivity index (χ1) is 15.7. The number of hydrogen-bond acceptors (Lipinski definition) is 5. The van der Waals surface area contributed by atoms with Crippen molar-refractivity contribution in [2.45, 2.75) is 25.8 Å². The van der Waals surface area contributed by atoms with Crippen molar-refractivity contribution in [1.82, 2.24) is 15.1 Å². The van der Waals surface area contributed by atoms with Gasteiger partial charge in [-0.2, -0.15) is 0 Å². The molecular formula is C26H36N4O2. The van der Waals surface area contributed by atoms with Crippen LogP contribution in [0.25, 0.3) is 0 Å². The van der Waals surface area contributed by atoms with Crippen molar-refractivity contribution >= 4 is 11.6 Å². The molecule has 0 unspecified atom stereocenters. The highest BCUT2D eigenvalue weighted by atomic mass is 16.5. The molecule has 0 aliphatic carbocycles. The summed E-state index contributed by atoms with van der Waals surface area (Å²) < 4.78 is 5.52. The highest BCUT2D eigenvalue weighted by molar-refractivity contribution is 5.94. The molecule has 2 fully saturated rings. The maximum atomic E-state index is 12.5. The molecule has 4 rings (SSSR count). The van der Waals surface area contributed by atoms with Crippen molar-refractivity contribution < 1.29 is 9.53 Å². The summed E-state index contributed by atoms with van der Waals surface area (Å²) in [6, 6.07) is 16.3. The summed E-state index contributed by atoms with van der Waals surface area (Å²) in [6.45, 7) is 8.90. The molecule has 0 aromatic heterocycles. The third-order valence-corrected chi connectivity index (χ3v) is 6.58. The van der Waals surface area contributed by atoms with Gasteiger partial charge in [0, 0.05) is 51.4 Å². The Hall–Kier alpha value is -2.57. The Morgan fingerprint density at radius 1 is 0.875 bits per heavy atom. The van der Waals surface area contributed by atoms with Gasteiger partial charge in [-0.05, 0) is 55.8 Å². The maximum absolute atomic E-state index is 12.5. The van der Waals surface area contributed by atoms with Crippen LogP contribution in [0, 0.1) is 0 Å². The lowest BCUT2D eigenvalue weighted by Gasteiger charge is -2.36. The Morgan fingerprint density at radius 2 is 1.59 bits per heavy atom. The largest absolute Gasteiger partial charge is 0.495 e. The number of benzene rings is 2. The predicted molar refractivity (Wildman–Crippen MR) is 130 cm³/mol. The Morgan fingerprint density at radius 3 is 2.31 bits per heavy atom. The lowest BCUT2D eigenvalue weighted by atomic mass is 10.1. The Kier molecular flexibility index (Phi) is 8.02. The molecule has 2 aliphatic heterocycles. The van der Waals surface area contributed by atoms with E-state index in [0.717, 1.165) is 70.2 Å². The minimum Gasteiger partial charge on any atom is -0.495 e. The topological polar surface area (TPSA) is 48.1 Å². The second-order valence-corrected chi connectivity index (χ2v) is 8.79. The zero-order valence-corrected chi connectivity index (χ0v) is 19.3. The van der Waals surface area contributed by atoms with Crippen molar-refractivity contribution in [2.24, 2.45) is 0 Å². The minimum absolute atomic E-state index is 0.0268. The van der Waals surface area contributed by atoms with Crippen molar-refractivity contribution in [2.75, 3.05) is 64.4 Å². The molecule has 1 amide bonds. The van der Waals surface area contributed by atoms with Gasteiger partial charge in [0.15, 0.2) is 0 Å². The number of anilines is 1. The van der Waals surface area contributed by atoms with Gasteiger partial charge in [0.05, 0.1) is 12.8 Å². The molecule has 1 N–H and O–H groups in total. The van der Waals surface area contributed by atoms with E-state index in [-0.39, 0.29) is 5.91 Å². The molecule has 2 aliphatic rings. The molecule has 0 saturated carbocycles. The van der Waals surface area contributed by atoms with E-state index in [1.807, 2.05) is 24.3 Å². The predicted octanol–water partition coefficient (Wildman–Crippen LogP) is 3.23. The molecule has 0 atom stereocenters. The standard InChI is InChI=1S/C26H36N4O2/c1-32-25-8-4-3-7-24(25)30-19-17-29(18-20-30)21-22-9-11-23(12-10-22)26(31)27-13-16-28-14-5-2-6-15-28/h3-4,7-12H,2,5-6,13-21H2,1H3,(H,27,31). The van der Waals surface area contributed by atoms with Crippen molar-refractivity contribution in [1.29, 1.82) is 0 Å². The summed E-state index contributed by atoms with van der Waals surface area (Å²) in [5.41, 5.74) is 3.17. The van der Waals surface area contributed by atoms with E-state index in [1.165, 1.54) is 30.5 Å². The monoisotopic (exact) mass is 436 g/mol. The van der Waals surface area contributed by atoms with Crippen LogP contribution in [0.1, 0.15) is 35.2 Å². The number of methoxy groups -OCH3 is 1. The number of ether oxygens (including phenoxy) is 1. The molecule has 2 saturated heterocycles. The van der Waals surface area contributed by atoms with E-state index in [1.54, 1.807) is 7.11 Å². The van der Waals surface area contributed by atoms with Crippen molar-refractivity contribution in [3.05, 3.63) is 59.7 Å². The van der Waals surface area contributed by atoms with E-state index in [0.29, 0.717) is 0 Å². The number of piperidine rings is 1. The van der Waals surface area contributed by atoms with E-state index < -0.39 is 0 Å². The fourth-order valence-corrected chi connectivity index (χ4v) is 4.67. The molecule has 2 heterocycles. The van der Waals surface area contributed by atoms with Gasteiger partial charge in [0.25, 0.3) is 5.91 Å². The molecule has 6 heteroatoms. The molecule has 32 heavy (non-hydrogen) atoms. The zero-order valence-electron chi connectivity index (χ0n) is 19.3. The molecule has 0 bridgehead atoms. The molecule has 2 aromatic rings. The summed E-state index contributed by atoms with van der Waals surface area (Å²) in [4.78, 5) is 19.8. The first kappa shape index (κ1) is 22.6. The van der Waals surface area contributed by atoms with Crippen LogP contribution in [0.5, 0.6) is 5.75 Å². The van der Waals surface area contributed by atoms with Crippen molar-refractivity contribution in [3.63, 3.8) is 0 Å². The average Bonchev–Trinajstić information content (AvgIpc) is 2.85. The number of carbonyl (C=O) groups is 1. The lowest BCUT2D eigenvalue weighted by Crippen LogP contribution is -2.46. The van der Waals surface area contributed by atoms with Crippen LogP contribution in [0.15, 0.2) is 48.5 Å². The number of hydrogen-bond donors (Lipinski definition) is 1. The third kappa shape index (κ3) is 6.02. The van der Waals surface area contributed by atoms with Crippen LogP contribution in [0.2, 0.25) is 0 Å². The van der Waals surface area contributed by atoms with Gasteiger partial charge >= 0.3 is 0 Å². The number of amides is 1. The van der Waals surface area contributed by atoms with Gasteiger partial charge < -0.3 is 19.9 Å². The highest BCUT2D eigenvalue weighted by Gasteiger charge is 2.19. The molecular weight excluding hydrogens is 400 g/mol. The molecule has 2 aromatic carbocycles. The first-order valence-corrected chi connectivity index (χ1v) is 11.9. The van der Waals surface area contributed by atoms with E-state index in [2.05, 4.69) is 44.3 Å². The number of nitrogens with one attached hydrogen (secondary N) is 1. The Balaban J connectivity index is 1.21. The van der Waals surface area contributed by atoms with Crippen LogP contribution >= 0.6 is 0 Å². The molecule has 0 spiro atoms. The van der Waals surface area contributed by atoms with Gasteiger partial charge in [0.2, 0.25) is 0 Å². The van der Waals surface area contributed by atoms with Crippen LogP contribution in [0.3, 0.4) is 0 Å². The van der Waals surface area contributed by atoms with Gasteiger partial charge in [0.1, 0.15) is 5.75 Å². The zero-order chi connectivity index (χ0) is 22.2. The number of likely N-dealkylation sites (tertiary alicyclic amines) is 1. The van der Waals surface area contributed by atoms with Gasteiger partial charge in [-0.1, -0.05) is 30.7 Å². The van der Waals surface area contributed by atoms with Gasteiger partial charge in [-0.15, -0.1) is 0 Å². The summed E-state index contributed by atoms with van der Waals surface area (Å²) in [7, 11) is 1.73. The van der Waals surface area contributed by atoms with E-state index in [4.69, 9.17) is 4.74 Å². The van der Waals surface area contributed by atoms with Gasteiger partial charge in [-0.3, -0.25) is 9.69 Å². The quantitative estimate of drug-likeness (QED) is 0.689. The average molecular weight is 437 g/mol. The van der Waals surface area contributed by atoms with E-state index >= 15 is 0 Å². The van der Waals surface area contributed by atoms with Crippen LogP contribution < -0.4 is 15.0 Å². The van der Waals surface area contributed by atoms with Crippen LogP contribution in [0.4, 0.5) is 5.69 Å². The maximum Gasteiger partial charge on any atom is 0.251 e. The number of para-hydroxylation sites is 2. The Labute approximate surface area is 192 Å². The highest BCUT2D eigenvalue weighted by Crippen LogP contribution is 2.28. The normalized spacial score (nSPS) is 17.8. The molecule has 6 nitrogen and oxygen atoms in total. The third-order valence-electron chi connectivity index (χ3n) is 6.58. The van der Waals surface area contributed by atoms with Crippen LogP contribution in [-0.2, 0) is 6.54 Å². The summed E-state index contributed by atoms with van der Waals surface area (Å²) >= 11 is 0. The van der Waals surface area contributed by atoms with Gasteiger partial charge in [-0.25, -0.2) is 0 Å². The first-order valence-electron chi connectivity index (χ1n) is 11.9. The van der Waals surface area contributed by atoms with Crippen molar-refractivity contribution in [3.8, 4) is 5.75 Å². The summed E-state index contributed by atoms with van der Waals surface area (Å²) in [5.74, 6) is 0.963. The fraction of sp³-hybridized carbons (Fsp3) is 0.500. The number of nitrogens with zero attached hydrogens (tertiary/aromatic N) is 3. The minimum atomic E-state index is 0.0268.